The summed E-state index contributed by atoms with van der Waals surface area (Å²) >= 11 is 1.56. The Morgan fingerprint density at radius 2 is 2.24 bits per heavy atom. The summed E-state index contributed by atoms with van der Waals surface area (Å²) in [5, 5.41) is 12.1. The van der Waals surface area contributed by atoms with Crippen LogP contribution in [-0.2, 0) is 13.5 Å². The Balaban J connectivity index is 2.18. The van der Waals surface area contributed by atoms with Crippen LogP contribution in [0.2, 0.25) is 0 Å². The molecule has 2 aromatic rings. The summed E-state index contributed by atoms with van der Waals surface area (Å²) in [5.41, 5.74) is 8.12. The van der Waals surface area contributed by atoms with Crippen LogP contribution in [0.5, 0.6) is 0 Å². The van der Waals surface area contributed by atoms with Crippen molar-refractivity contribution in [3.8, 4) is 0 Å². The molecule has 1 heterocycles. The molecule has 2 rings (SSSR count). The average Bonchev–Trinajstić information content (AvgIpc) is 2.69. The van der Waals surface area contributed by atoms with Gasteiger partial charge in [-0.3, -0.25) is 0 Å². The van der Waals surface area contributed by atoms with Crippen molar-refractivity contribution in [1.29, 1.82) is 0 Å². The third-order valence-corrected chi connectivity index (χ3v) is 3.54. The van der Waals surface area contributed by atoms with E-state index < -0.39 is 0 Å². The van der Waals surface area contributed by atoms with Crippen LogP contribution < -0.4 is 5.73 Å². The maximum atomic E-state index is 5.56. The highest BCUT2D eigenvalue weighted by atomic mass is 32.2. The number of aryl methyl sites for hydroxylation is 2. The number of rotatable bonds is 4. The molecule has 5 nitrogen and oxygen atoms in total. The molecule has 0 amide bonds. The zero-order chi connectivity index (χ0) is 12.3. The minimum absolute atomic E-state index is 0.681. The molecule has 0 fully saturated rings. The lowest BCUT2D eigenvalue weighted by Crippen LogP contribution is -2.04. The topological polar surface area (TPSA) is 69.6 Å². The fraction of sp³-hybridized carbons (Fsp3) is 0.364. The van der Waals surface area contributed by atoms with Gasteiger partial charge in [-0.25, -0.2) is 4.68 Å². The van der Waals surface area contributed by atoms with Crippen LogP contribution in [-0.4, -0.2) is 26.8 Å². The van der Waals surface area contributed by atoms with Crippen LogP contribution in [0, 0.1) is 6.92 Å². The zero-order valence-corrected chi connectivity index (χ0v) is 10.7. The van der Waals surface area contributed by atoms with Gasteiger partial charge in [0.1, 0.15) is 0 Å². The summed E-state index contributed by atoms with van der Waals surface area (Å²) in [4.78, 5) is 1.14. The third kappa shape index (κ3) is 2.83. The summed E-state index contributed by atoms with van der Waals surface area (Å²) in [5.74, 6) is 0. The average molecular weight is 249 g/mol. The molecule has 1 aromatic heterocycles. The van der Waals surface area contributed by atoms with E-state index in [0.29, 0.717) is 6.54 Å². The molecular weight excluding hydrogens is 234 g/mol. The first-order valence-corrected chi connectivity index (χ1v) is 6.22. The monoisotopic (exact) mass is 249 g/mol. The van der Waals surface area contributed by atoms with Gasteiger partial charge in [-0.05, 0) is 65.3 Å². The number of tetrazole rings is 1. The van der Waals surface area contributed by atoms with Crippen molar-refractivity contribution in [2.75, 3.05) is 6.54 Å². The first-order chi connectivity index (χ1) is 8.20. The van der Waals surface area contributed by atoms with E-state index in [2.05, 4.69) is 40.6 Å². The van der Waals surface area contributed by atoms with E-state index in [-0.39, 0.29) is 0 Å². The maximum Gasteiger partial charge on any atom is 0.213 e. The van der Waals surface area contributed by atoms with E-state index in [4.69, 9.17) is 5.73 Å². The lowest BCUT2D eigenvalue weighted by atomic mass is 10.1. The van der Waals surface area contributed by atoms with Crippen molar-refractivity contribution in [1.82, 2.24) is 20.2 Å². The Morgan fingerprint density at radius 3 is 2.82 bits per heavy atom. The van der Waals surface area contributed by atoms with E-state index in [1.54, 1.807) is 16.4 Å². The standard InChI is InChI=1S/C11H15N5S/c1-8-7-10(4-3-9(8)5-6-12)17-11-13-14-15-16(11)2/h3-4,7H,5-6,12H2,1-2H3. The van der Waals surface area contributed by atoms with Crippen molar-refractivity contribution in [3.05, 3.63) is 29.3 Å². The van der Waals surface area contributed by atoms with Crippen molar-refractivity contribution in [2.24, 2.45) is 12.8 Å². The van der Waals surface area contributed by atoms with E-state index in [1.165, 1.54) is 11.1 Å². The lowest BCUT2D eigenvalue weighted by Gasteiger charge is -2.06. The molecule has 0 bridgehead atoms. The fourth-order valence-electron chi connectivity index (χ4n) is 1.58. The van der Waals surface area contributed by atoms with Gasteiger partial charge in [-0.1, -0.05) is 6.07 Å². The van der Waals surface area contributed by atoms with E-state index in [9.17, 15) is 0 Å². The molecule has 6 heteroatoms. The Bertz CT molecular complexity index is 508. The SMILES string of the molecule is Cc1cc(Sc2nnnn2C)ccc1CCN. The highest BCUT2D eigenvalue weighted by molar-refractivity contribution is 7.99. The summed E-state index contributed by atoms with van der Waals surface area (Å²) < 4.78 is 1.66. The Hall–Kier alpha value is -1.40. The van der Waals surface area contributed by atoms with Gasteiger partial charge in [0.25, 0.3) is 0 Å². The number of benzene rings is 1. The summed E-state index contributed by atoms with van der Waals surface area (Å²) in [6.45, 7) is 2.78. The molecule has 90 valence electrons. The second-order valence-electron chi connectivity index (χ2n) is 3.81. The third-order valence-electron chi connectivity index (χ3n) is 2.52. The molecular formula is C11H15N5S. The minimum Gasteiger partial charge on any atom is -0.330 e. The second kappa shape index (κ2) is 5.29. The molecule has 0 atom stereocenters. The van der Waals surface area contributed by atoms with Gasteiger partial charge in [0.15, 0.2) is 0 Å². The molecule has 0 radical (unpaired) electrons. The summed E-state index contributed by atoms with van der Waals surface area (Å²) in [6, 6.07) is 6.34. The van der Waals surface area contributed by atoms with Crippen LogP contribution in [0.25, 0.3) is 0 Å². The van der Waals surface area contributed by atoms with Gasteiger partial charge < -0.3 is 5.73 Å². The van der Waals surface area contributed by atoms with E-state index >= 15 is 0 Å². The summed E-state index contributed by atoms with van der Waals surface area (Å²) in [6.07, 6.45) is 0.919. The van der Waals surface area contributed by atoms with Gasteiger partial charge in [-0.15, -0.1) is 5.10 Å². The molecule has 0 aliphatic carbocycles. The highest BCUT2D eigenvalue weighted by Gasteiger charge is 2.06. The normalized spacial score (nSPS) is 10.8. The van der Waals surface area contributed by atoms with Crippen LogP contribution in [0.3, 0.4) is 0 Å². The molecule has 0 saturated heterocycles. The molecule has 2 N–H and O–H groups in total. The largest absolute Gasteiger partial charge is 0.330 e. The van der Waals surface area contributed by atoms with Gasteiger partial charge in [0, 0.05) is 11.9 Å². The van der Waals surface area contributed by atoms with Crippen LogP contribution in [0.4, 0.5) is 0 Å². The van der Waals surface area contributed by atoms with Gasteiger partial charge in [-0.2, -0.15) is 0 Å². The molecule has 17 heavy (non-hydrogen) atoms. The first kappa shape index (κ1) is 12.1. The smallest absolute Gasteiger partial charge is 0.213 e. The minimum atomic E-state index is 0.681. The number of nitrogens with two attached hydrogens (primary N) is 1. The van der Waals surface area contributed by atoms with Crippen LogP contribution in [0.1, 0.15) is 11.1 Å². The summed E-state index contributed by atoms with van der Waals surface area (Å²) in [7, 11) is 1.83. The molecule has 1 aromatic carbocycles. The maximum absolute atomic E-state index is 5.56. The molecule has 0 spiro atoms. The van der Waals surface area contributed by atoms with Gasteiger partial charge >= 0.3 is 0 Å². The van der Waals surface area contributed by atoms with Crippen LogP contribution in [0.15, 0.2) is 28.3 Å². The Labute approximate surface area is 104 Å². The Kier molecular flexibility index (Phi) is 3.75. The molecule has 0 aliphatic heterocycles. The molecule has 0 saturated carbocycles. The van der Waals surface area contributed by atoms with E-state index in [1.807, 2.05) is 7.05 Å². The highest BCUT2D eigenvalue weighted by Crippen LogP contribution is 2.26. The van der Waals surface area contributed by atoms with Gasteiger partial charge in [0.05, 0.1) is 0 Å². The lowest BCUT2D eigenvalue weighted by molar-refractivity contribution is 0.664. The van der Waals surface area contributed by atoms with Gasteiger partial charge in [0.2, 0.25) is 5.16 Å². The molecule has 0 aliphatic rings. The van der Waals surface area contributed by atoms with Crippen molar-refractivity contribution in [3.63, 3.8) is 0 Å². The number of aromatic nitrogens is 4. The fourth-order valence-corrected chi connectivity index (χ4v) is 2.41. The van der Waals surface area contributed by atoms with E-state index in [0.717, 1.165) is 16.5 Å². The second-order valence-corrected chi connectivity index (χ2v) is 4.85. The number of hydrogen-bond donors (Lipinski definition) is 1. The van der Waals surface area contributed by atoms with Crippen LogP contribution >= 0.6 is 11.8 Å². The predicted octanol–water partition coefficient (Wildman–Crippen LogP) is 1.17. The van der Waals surface area contributed by atoms with Crippen molar-refractivity contribution < 1.29 is 0 Å². The first-order valence-electron chi connectivity index (χ1n) is 5.40. The quantitative estimate of drug-likeness (QED) is 0.881. The van der Waals surface area contributed by atoms with Crippen molar-refractivity contribution >= 4 is 11.8 Å². The Morgan fingerprint density at radius 1 is 1.41 bits per heavy atom. The predicted molar refractivity (Wildman–Crippen MR) is 66.9 cm³/mol. The molecule has 0 unspecified atom stereocenters. The van der Waals surface area contributed by atoms with Crippen molar-refractivity contribution in [2.45, 2.75) is 23.4 Å². The number of nitrogens with zero attached hydrogens (tertiary/aromatic N) is 4. The zero-order valence-electron chi connectivity index (χ0n) is 9.92. The number of hydrogen-bond acceptors (Lipinski definition) is 5.